The van der Waals surface area contributed by atoms with E-state index in [0.29, 0.717) is 25.0 Å². The maximum Gasteiger partial charge on any atom is 0.419 e. The van der Waals surface area contributed by atoms with Crippen molar-refractivity contribution in [1.29, 1.82) is 0 Å². The summed E-state index contributed by atoms with van der Waals surface area (Å²) in [4.78, 5) is 11.7. The average Bonchev–Trinajstić information content (AvgIpc) is 2.94. The molecule has 6 heteroatoms. The Morgan fingerprint density at radius 2 is 1.88 bits per heavy atom. The molecular formula is C11H9F4NO. The van der Waals surface area contributed by atoms with Crippen molar-refractivity contribution in [1.82, 2.24) is 0 Å². The molecule has 1 aromatic rings. The normalized spacial score (nSPS) is 17.9. The van der Waals surface area contributed by atoms with Crippen molar-refractivity contribution < 1.29 is 22.4 Å². The van der Waals surface area contributed by atoms with Gasteiger partial charge in [-0.2, -0.15) is 13.2 Å². The second-order valence-electron chi connectivity index (χ2n) is 4.18. The molecule has 2 nitrogen and oxygen atoms in total. The first kappa shape index (κ1) is 12.0. The highest BCUT2D eigenvalue weighted by molar-refractivity contribution is 6.05. The molecule has 0 radical (unpaired) electrons. The molecule has 0 unspecified atom stereocenters. The van der Waals surface area contributed by atoms with Crippen molar-refractivity contribution in [3.05, 3.63) is 35.1 Å². The summed E-state index contributed by atoms with van der Waals surface area (Å²) in [5.74, 6) is -1.96. The third-order valence-corrected chi connectivity index (χ3v) is 2.78. The summed E-state index contributed by atoms with van der Waals surface area (Å²) >= 11 is 0. The predicted octanol–water partition coefficient (Wildman–Crippen LogP) is 2.52. The number of rotatable bonds is 2. The van der Waals surface area contributed by atoms with Gasteiger partial charge in [0.05, 0.1) is 11.1 Å². The molecule has 0 saturated heterocycles. The van der Waals surface area contributed by atoms with Crippen LogP contribution in [0, 0.1) is 5.82 Å². The summed E-state index contributed by atoms with van der Waals surface area (Å²) in [5.41, 5.74) is 3.10. The van der Waals surface area contributed by atoms with Crippen LogP contribution in [0.3, 0.4) is 0 Å². The van der Waals surface area contributed by atoms with E-state index in [-0.39, 0.29) is 5.56 Å². The van der Waals surface area contributed by atoms with Gasteiger partial charge >= 0.3 is 6.18 Å². The molecule has 1 saturated carbocycles. The topological polar surface area (TPSA) is 43.1 Å². The van der Waals surface area contributed by atoms with Gasteiger partial charge in [-0.05, 0) is 25.0 Å². The van der Waals surface area contributed by atoms with E-state index >= 15 is 0 Å². The number of hydrogen-bond acceptors (Lipinski definition) is 2. The van der Waals surface area contributed by atoms with Crippen LogP contribution in [0.15, 0.2) is 18.2 Å². The first-order valence-electron chi connectivity index (χ1n) is 4.94. The zero-order valence-corrected chi connectivity index (χ0v) is 8.64. The van der Waals surface area contributed by atoms with Gasteiger partial charge in [0.15, 0.2) is 5.78 Å². The standard InChI is InChI=1S/C11H9F4NO/c12-8-5-6(9(17)10(16)3-4-10)1-2-7(8)11(13,14)15/h1-2,5H,3-4,16H2. The molecule has 0 bridgehead atoms. The zero-order valence-electron chi connectivity index (χ0n) is 8.64. The van der Waals surface area contributed by atoms with Crippen LogP contribution in [-0.4, -0.2) is 11.3 Å². The van der Waals surface area contributed by atoms with Gasteiger partial charge in [0.25, 0.3) is 0 Å². The molecule has 2 N–H and O–H groups in total. The fraction of sp³-hybridized carbons (Fsp3) is 0.364. The highest BCUT2D eigenvalue weighted by Crippen LogP contribution is 2.37. The summed E-state index contributed by atoms with van der Waals surface area (Å²) in [5, 5.41) is 0. The molecule has 0 heterocycles. The lowest BCUT2D eigenvalue weighted by molar-refractivity contribution is -0.140. The van der Waals surface area contributed by atoms with Crippen molar-refractivity contribution in [2.24, 2.45) is 5.73 Å². The van der Waals surface area contributed by atoms with Crippen LogP contribution in [0.5, 0.6) is 0 Å². The smallest absolute Gasteiger partial charge is 0.319 e. The molecular weight excluding hydrogens is 238 g/mol. The first-order valence-corrected chi connectivity index (χ1v) is 4.94. The minimum absolute atomic E-state index is 0.115. The molecule has 1 aliphatic rings. The Hall–Kier alpha value is -1.43. The highest BCUT2D eigenvalue weighted by atomic mass is 19.4. The second-order valence-corrected chi connectivity index (χ2v) is 4.18. The van der Waals surface area contributed by atoms with E-state index in [1.165, 1.54) is 0 Å². The van der Waals surface area contributed by atoms with E-state index in [1.54, 1.807) is 0 Å². The van der Waals surface area contributed by atoms with E-state index in [9.17, 15) is 22.4 Å². The minimum atomic E-state index is -4.76. The lowest BCUT2D eigenvalue weighted by Crippen LogP contribution is -2.32. The SMILES string of the molecule is NC1(C(=O)c2ccc(C(F)(F)F)c(F)c2)CC1. The number of Topliss-reactive ketones (excluding diaryl/α,β-unsaturated/α-hetero) is 1. The van der Waals surface area contributed by atoms with E-state index in [4.69, 9.17) is 5.73 Å². The van der Waals surface area contributed by atoms with Gasteiger partial charge in [-0.15, -0.1) is 0 Å². The Morgan fingerprint density at radius 3 is 2.29 bits per heavy atom. The number of carbonyl (C=O) groups is 1. The number of hydrogen-bond donors (Lipinski definition) is 1. The summed E-state index contributed by atoms with van der Waals surface area (Å²) < 4.78 is 50.0. The van der Waals surface area contributed by atoms with Crippen LogP contribution in [0.1, 0.15) is 28.8 Å². The molecule has 0 aromatic heterocycles. The lowest BCUT2D eigenvalue weighted by atomic mass is 10.0. The summed E-state index contributed by atoms with van der Waals surface area (Å²) in [7, 11) is 0. The number of ketones is 1. The molecule has 2 rings (SSSR count). The van der Waals surface area contributed by atoms with Crippen LogP contribution in [0.25, 0.3) is 0 Å². The van der Waals surface area contributed by atoms with Crippen LogP contribution < -0.4 is 5.73 Å². The zero-order chi connectivity index (χ0) is 12.8. The maximum atomic E-state index is 13.2. The van der Waals surface area contributed by atoms with Crippen LogP contribution in [0.2, 0.25) is 0 Å². The Labute approximate surface area is 94.4 Å². The van der Waals surface area contributed by atoms with Gasteiger partial charge in [-0.1, -0.05) is 6.07 Å². The first-order chi connectivity index (χ1) is 7.74. The van der Waals surface area contributed by atoms with Gasteiger partial charge < -0.3 is 5.73 Å². The van der Waals surface area contributed by atoms with Gasteiger partial charge in [0.1, 0.15) is 5.82 Å². The van der Waals surface area contributed by atoms with Crippen LogP contribution >= 0.6 is 0 Å². The average molecular weight is 247 g/mol. The molecule has 1 aromatic carbocycles. The highest BCUT2D eigenvalue weighted by Gasteiger charge is 2.46. The molecule has 0 atom stereocenters. The number of alkyl halides is 3. The molecule has 0 amide bonds. The maximum absolute atomic E-state index is 13.2. The van der Waals surface area contributed by atoms with Crippen LogP contribution in [0.4, 0.5) is 17.6 Å². The summed E-state index contributed by atoms with van der Waals surface area (Å²) in [6.45, 7) is 0. The second kappa shape index (κ2) is 3.53. The molecule has 0 aliphatic heterocycles. The number of nitrogens with two attached hydrogens (primary N) is 1. The third-order valence-electron chi connectivity index (χ3n) is 2.78. The summed E-state index contributed by atoms with van der Waals surface area (Å²) in [6.07, 6.45) is -3.80. The Bertz CT molecular complexity index is 477. The van der Waals surface area contributed by atoms with Gasteiger partial charge in [-0.3, -0.25) is 4.79 Å². The monoisotopic (exact) mass is 247 g/mol. The van der Waals surface area contributed by atoms with Gasteiger partial charge in [0.2, 0.25) is 0 Å². The lowest BCUT2D eigenvalue weighted by Gasteiger charge is -2.11. The Morgan fingerprint density at radius 1 is 1.29 bits per heavy atom. The van der Waals surface area contributed by atoms with E-state index in [1.807, 2.05) is 0 Å². The fourth-order valence-corrected chi connectivity index (χ4v) is 1.54. The third kappa shape index (κ3) is 2.17. The van der Waals surface area contributed by atoms with Crippen molar-refractivity contribution in [3.63, 3.8) is 0 Å². The van der Waals surface area contributed by atoms with Crippen molar-refractivity contribution in [2.75, 3.05) is 0 Å². The van der Waals surface area contributed by atoms with Gasteiger partial charge in [0, 0.05) is 5.56 Å². The Balaban J connectivity index is 2.34. The predicted molar refractivity (Wildman–Crippen MR) is 51.9 cm³/mol. The van der Waals surface area contributed by atoms with Crippen molar-refractivity contribution >= 4 is 5.78 Å². The van der Waals surface area contributed by atoms with Crippen molar-refractivity contribution in [2.45, 2.75) is 24.6 Å². The molecule has 92 valence electrons. The minimum Gasteiger partial charge on any atom is -0.319 e. The van der Waals surface area contributed by atoms with Crippen LogP contribution in [-0.2, 0) is 6.18 Å². The quantitative estimate of drug-likeness (QED) is 0.644. The molecule has 17 heavy (non-hydrogen) atoms. The van der Waals surface area contributed by atoms with E-state index in [0.717, 1.165) is 6.07 Å². The van der Waals surface area contributed by atoms with Crippen molar-refractivity contribution in [3.8, 4) is 0 Å². The van der Waals surface area contributed by atoms with Gasteiger partial charge in [-0.25, -0.2) is 4.39 Å². The number of benzene rings is 1. The molecule has 0 spiro atoms. The number of carbonyl (C=O) groups excluding carboxylic acids is 1. The largest absolute Gasteiger partial charge is 0.419 e. The molecule has 1 fully saturated rings. The summed E-state index contributed by atoms with van der Waals surface area (Å²) in [6, 6.07) is 2.12. The van der Waals surface area contributed by atoms with E-state index < -0.39 is 28.9 Å². The molecule has 1 aliphatic carbocycles. The van der Waals surface area contributed by atoms with E-state index in [2.05, 4.69) is 0 Å². The Kier molecular flexibility index (Phi) is 2.50. The number of halogens is 4. The fourth-order valence-electron chi connectivity index (χ4n) is 1.54.